The van der Waals surface area contributed by atoms with Gasteiger partial charge in [-0.05, 0) is 60.9 Å². The number of hydrogen-bond donors (Lipinski definition) is 1. The summed E-state index contributed by atoms with van der Waals surface area (Å²) in [6, 6.07) is 10.5. The van der Waals surface area contributed by atoms with Gasteiger partial charge in [-0.25, -0.2) is 0 Å². The Bertz CT molecular complexity index is 636. The van der Waals surface area contributed by atoms with E-state index in [1.54, 1.807) is 7.11 Å². The van der Waals surface area contributed by atoms with Crippen molar-refractivity contribution < 1.29 is 9.84 Å². The molecule has 1 aromatic carbocycles. The number of nitrogens with zero attached hydrogens (tertiary/aromatic N) is 1. The smallest absolute Gasteiger partial charge is 0.118 e. The van der Waals surface area contributed by atoms with Crippen molar-refractivity contribution in [3.63, 3.8) is 0 Å². The lowest BCUT2D eigenvalue weighted by Gasteiger charge is -2.30. The summed E-state index contributed by atoms with van der Waals surface area (Å²) in [5.74, 6) is 1.63. The van der Waals surface area contributed by atoms with Crippen LogP contribution in [0.25, 0.3) is 0 Å². The third-order valence-electron chi connectivity index (χ3n) is 4.56. The minimum absolute atomic E-state index is 0.174. The van der Waals surface area contributed by atoms with Crippen LogP contribution in [-0.2, 0) is 12.8 Å². The van der Waals surface area contributed by atoms with Crippen molar-refractivity contribution in [3.8, 4) is 5.75 Å². The van der Waals surface area contributed by atoms with Crippen molar-refractivity contribution in [1.82, 2.24) is 4.98 Å². The molecule has 116 valence electrons. The maximum Gasteiger partial charge on any atom is 0.118 e. The molecule has 22 heavy (non-hydrogen) atoms. The van der Waals surface area contributed by atoms with Crippen molar-refractivity contribution in [2.24, 2.45) is 5.92 Å². The van der Waals surface area contributed by atoms with Crippen molar-refractivity contribution in [2.45, 2.75) is 32.1 Å². The maximum absolute atomic E-state index is 9.70. The molecule has 2 aromatic rings. The van der Waals surface area contributed by atoms with Gasteiger partial charge < -0.3 is 9.84 Å². The fourth-order valence-corrected chi connectivity index (χ4v) is 3.49. The van der Waals surface area contributed by atoms with Crippen LogP contribution in [0.4, 0.5) is 0 Å². The monoisotopic (exact) mass is 297 g/mol. The number of methoxy groups -OCH3 is 1. The zero-order valence-electron chi connectivity index (χ0n) is 13.2. The molecule has 0 saturated carbocycles. The summed E-state index contributed by atoms with van der Waals surface area (Å²) in [5, 5.41) is 9.70. The highest BCUT2D eigenvalue weighted by Gasteiger charge is 2.27. The van der Waals surface area contributed by atoms with Gasteiger partial charge >= 0.3 is 0 Å². The SMILES string of the molecule is COc1ccc(C[C@H]2Cc3cc(C)cnc3[C@@H](CO)C2)cc1. The number of hydrogen-bond acceptors (Lipinski definition) is 3. The van der Waals surface area contributed by atoms with E-state index in [9.17, 15) is 5.11 Å². The molecule has 0 bridgehead atoms. The van der Waals surface area contributed by atoms with Crippen LogP contribution >= 0.6 is 0 Å². The minimum atomic E-state index is 0.174. The molecule has 0 unspecified atom stereocenters. The van der Waals surface area contributed by atoms with Gasteiger partial charge in [-0.3, -0.25) is 4.98 Å². The van der Waals surface area contributed by atoms with E-state index in [2.05, 4.69) is 30.1 Å². The van der Waals surface area contributed by atoms with E-state index in [-0.39, 0.29) is 12.5 Å². The number of ether oxygens (including phenoxy) is 1. The summed E-state index contributed by atoms with van der Waals surface area (Å²) in [5.41, 5.74) is 4.93. The molecule has 3 heteroatoms. The Morgan fingerprint density at radius 2 is 2.05 bits per heavy atom. The summed E-state index contributed by atoms with van der Waals surface area (Å²) in [7, 11) is 1.69. The predicted molar refractivity (Wildman–Crippen MR) is 87.3 cm³/mol. The minimum Gasteiger partial charge on any atom is -0.497 e. The molecule has 0 radical (unpaired) electrons. The molecule has 1 aliphatic carbocycles. The van der Waals surface area contributed by atoms with Gasteiger partial charge in [-0.2, -0.15) is 0 Å². The molecule has 3 nitrogen and oxygen atoms in total. The van der Waals surface area contributed by atoms with Gasteiger partial charge in [0.15, 0.2) is 0 Å². The number of pyridine rings is 1. The number of aliphatic hydroxyl groups is 1. The summed E-state index contributed by atoms with van der Waals surface area (Å²) >= 11 is 0. The van der Waals surface area contributed by atoms with Crippen LogP contribution in [-0.4, -0.2) is 23.8 Å². The molecule has 0 aliphatic heterocycles. The predicted octanol–water partition coefficient (Wildman–Crippen LogP) is 3.28. The normalized spacial score (nSPS) is 20.5. The van der Waals surface area contributed by atoms with Crippen LogP contribution < -0.4 is 4.74 Å². The first-order chi connectivity index (χ1) is 10.7. The standard InChI is InChI=1S/C19H23NO2/c1-13-7-16-9-15(10-17(12-21)19(16)20-11-13)8-14-3-5-18(22-2)6-4-14/h3-7,11,15,17,21H,8-10,12H2,1-2H3/t15-,17+/m0/s1. The topological polar surface area (TPSA) is 42.4 Å². The van der Waals surface area contributed by atoms with E-state index < -0.39 is 0 Å². The molecular weight excluding hydrogens is 274 g/mol. The van der Waals surface area contributed by atoms with Crippen LogP contribution in [0, 0.1) is 12.8 Å². The molecule has 0 amide bonds. The summed E-state index contributed by atoms with van der Waals surface area (Å²) in [4.78, 5) is 4.56. The molecule has 1 aromatic heterocycles. The Kier molecular flexibility index (Phi) is 4.44. The lowest BCUT2D eigenvalue weighted by molar-refractivity contribution is 0.230. The number of aromatic nitrogens is 1. The van der Waals surface area contributed by atoms with Crippen molar-refractivity contribution in [3.05, 3.63) is 58.9 Å². The molecule has 0 spiro atoms. The number of aliphatic hydroxyl groups excluding tert-OH is 1. The van der Waals surface area contributed by atoms with Crippen LogP contribution in [0.15, 0.2) is 36.5 Å². The first-order valence-corrected chi connectivity index (χ1v) is 7.88. The fraction of sp³-hybridized carbons (Fsp3) is 0.421. The van der Waals surface area contributed by atoms with Crippen molar-refractivity contribution in [1.29, 1.82) is 0 Å². The van der Waals surface area contributed by atoms with Gasteiger partial charge in [0.1, 0.15) is 5.75 Å². The van der Waals surface area contributed by atoms with E-state index in [1.165, 1.54) is 16.7 Å². The zero-order valence-corrected chi connectivity index (χ0v) is 13.2. The maximum atomic E-state index is 9.70. The number of aryl methyl sites for hydroxylation is 1. The van der Waals surface area contributed by atoms with E-state index in [0.29, 0.717) is 5.92 Å². The lowest BCUT2D eigenvalue weighted by Crippen LogP contribution is -2.23. The number of fused-ring (bicyclic) bond motifs is 1. The third kappa shape index (κ3) is 3.14. The average Bonchev–Trinajstić information content (AvgIpc) is 2.54. The second kappa shape index (κ2) is 6.49. The molecule has 0 fully saturated rings. The summed E-state index contributed by atoms with van der Waals surface area (Å²) in [6.07, 6.45) is 5.00. The highest BCUT2D eigenvalue weighted by Crippen LogP contribution is 2.35. The molecule has 3 rings (SSSR count). The van der Waals surface area contributed by atoms with Crippen LogP contribution in [0.1, 0.15) is 34.7 Å². The van der Waals surface area contributed by atoms with Crippen LogP contribution in [0.2, 0.25) is 0 Å². The van der Waals surface area contributed by atoms with Gasteiger partial charge in [0.2, 0.25) is 0 Å². The second-order valence-electron chi connectivity index (χ2n) is 6.29. The van der Waals surface area contributed by atoms with Crippen LogP contribution in [0.3, 0.4) is 0 Å². The van der Waals surface area contributed by atoms with E-state index in [0.717, 1.165) is 30.7 Å². The molecule has 1 heterocycles. The largest absolute Gasteiger partial charge is 0.497 e. The highest BCUT2D eigenvalue weighted by atomic mass is 16.5. The zero-order chi connectivity index (χ0) is 15.5. The van der Waals surface area contributed by atoms with Crippen molar-refractivity contribution >= 4 is 0 Å². The second-order valence-corrected chi connectivity index (χ2v) is 6.29. The molecule has 1 aliphatic rings. The Labute approximate surface area is 132 Å². The quantitative estimate of drug-likeness (QED) is 0.941. The third-order valence-corrected chi connectivity index (χ3v) is 4.56. The van der Waals surface area contributed by atoms with E-state index in [1.807, 2.05) is 18.3 Å². The molecule has 2 atom stereocenters. The molecular formula is C19H23NO2. The Morgan fingerprint density at radius 3 is 2.73 bits per heavy atom. The number of rotatable bonds is 4. The van der Waals surface area contributed by atoms with E-state index in [4.69, 9.17) is 4.74 Å². The highest BCUT2D eigenvalue weighted by molar-refractivity contribution is 5.32. The Morgan fingerprint density at radius 1 is 1.27 bits per heavy atom. The van der Waals surface area contributed by atoms with Gasteiger partial charge in [0.05, 0.1) is 13.7 Å². The first kappa shape index (κ1) is 15.0. The number of benzene rings is 1. The molecule has 1 N–H and O–H groups in total. The van der Waals surface area contributed by atoms with Gasteiger partial charge in [0, 0.05) is 17.8 Å². The van der Waals surface area contributed by atoms with Crippen molar-refractivity contribution in [2.75, 3.05) is 13.7 Å². The average molecular weight is 297 g/mol. The Hall–Kier alpha value is -1.87. The lowest BCUT2D eigenvalue weighted by atomic mass is 9.77. The Balaban J connectivity index is 1.78. The molecule has 0 saturated heterocycles. The summed E-state index contributed by atoms with van der Waals surface area (Å²) < 4.78 is 5.21. The first-order valence-electron chi connectivity index (χ1n) is 7.88. The van der Waals surface area contributed by atoms with E-state index >= 15 is 0 Å². The summed E-state index contributed by atoms with van der Waals surface area (Å²) in [6.45, 7) is 2.26. The fourth-order valence-electron chi connectivity index (χ4n) is 3.49. The van der Waals surface area contributed by atoms with Gasteiger partial charge in [0.25, 0.3) is 0 Å². The van der Waals surface area contributed by atoms with Gasteiger partial charge in [-0.1, -0.05) is 18.2 Å². The van der Waals surface area contributed by atoms with Gasteiger partial charge in [-0.15, -0.1) is 0 Å². The van der Waals surface area contributed by atoms with Crippen LogP contribution in [0.5, 0.6) is 5.75 Å².